The van der Waals surface area contributed by atoms with Crippen LogP contribution < -0.4 is 20.3 Å². The van der Waals surface area contributed by atoms with E-state index in [0.717, 1.165) is 74.4 Å². The monoisotopic (exact) mass is 777 g/mol. The van der Waals surface area contributed by atoms with Gasteiger partial charge in [-0.2, -0.15) is 5.06 Å². The van der Waals surface area contributed by atoms with Crippen molar-refractivity contribution in [3.05, 3.63) is 47.5 Å². The van der Waals surface area contributed by atoms with Crippen LogP contribution in [0.2, 0.25) is 0 Å². The number of aliphatic hydroxyl groups excluding tert-OH is 2. The van der Waals surface area contributed by atoms with E-state index in [1.54, 1.807) is 19.1 Å². The van der Waals surface area contributed by atoms with Crippen molar-refractivity contribution >= 4 is 17.5 Å². The number of ether oxygens (including phenoxy) is 1. The number of rotatable bonds is 15. The van der Waals surface area contributed by atoms with Gasteiger partial charge in [-0.1, -0.05) is 52.3 Å². The fourth-order valence-electron chi connectivity index (χ4n) is 10.2. The molecule has 2 heterocycles. The quantitative estimate of drug-likeness (QED) is 0.209. The number of nitrogens with zero attached hydrogens (tertiary/aromatic N) is 4. The number of nitrogens with one attached hydrogen (secondary N) is 2. The third kappa shape index (κ3) is 8.76. The van der Waals surface area contributed by atoms with Gasteiger partial charge in [-0.15, -0.1) is 0 Å². The van der Waals surface area contributed by atoms with Crippen LogP contribution in [0.3, 0.4) is 0 Å². The van der Waals surface area contributed by atoms with Crippen LogP contribution >= 0.6 is 0 Å². The number of hydroxylamine groups is 2. The van der Waals surface area contributed by atoms with E-state index in [4.69, 9.17) is 9.57 Å². The Labute approximate surface area is 334 Å². The van der Waals surface area contributed by atoms with Crippen molar-refractivity contribution < 1.29 is 29.4 Å². The lowest BCUT2D eigenvalue weighted by molar-refractivity contribution is -0.183. The molecule has 3 aliphatic carbocycles. The Kier molecular flexibility index (Phi) is 13.4. The summed E-state index contributed by atoms with van der Waals surface area (Å²) in [6.45, 7) is 15.5. The van der Waals surface area contributed by atoms with E-state index in [1.165, 1.54) is 6.42 Å². The normalized spacial score (nSPS) is 28.9. The summed E-state index contributed by atoms with van der Waals surface area (Å²) in [6, 6.07) is 11.0. The molecule has 2 bridgehead atoms. The molecule has 4 N–H and O–H groups in total. The number of hydrogen-bond donors (Lipinski definition) is 4. The Hall–Kier alpha value is -3.26. The summed E-state index contributed by atoms with van der Waals surface area (Å²) < 4.78 is 6.12. The van der Waals surface area contributed by atoms with Gasteiger partial charge in [0.1, 0.15) is 17.9 Å². The molecule has 12 nitrogen and oxygen atoms in total. The Bertz CT molecular complexity index is 1680. The number of fused-ring (bicyclic) bond motifs is 2. The zero-order valence-corrected chi connectivity index (χ0v) is 35.3. The first-order valence-corrected chi connectivity index (χ1v) is 20.9. The number of piperazine rings is 1. The molecule has 12 heteroatoms. The van der Waals surface area contributed by atoms with Gasteiger partial charge in [-0.25, -0.2) is 0 Å². The van der Waals surface area contributed by atoms with Crippen LogP contribution in [0.15, 0.2) is 36.4 Å². The zero-order valence-electron chi connectivity index (χ0n) is 35.3. The third-order valence-corrected chi connectivity index (χ3v) is 13.7. The van der Waals surface area contributed by atoms with Crippen LogP contribution in [0.25, 0.3) is 11.1 Å². The Morgan fingerprint density at radius 1 is 1.11 bits per heavy atom. The maximum Gasteiger partial charge on any atom is 0.251 e. The molecule has 9 atom stereocenters. The molecule has 2 aliphatic heterocycles. The van der Waals surface area contributed by atoms with Crippen molar-refractivity contribution in [2.45, 2.75) is 97.2 Å². The first-order valence-electron chi connectivity index (χ1n) is 20.9. The van der Waals surface area contributed by atoms with Crippen LogP contribution in [0, 0.1) is 29.1 Å². The Morgan fingerprint density at radius 3 is 2.45 bits per heavy atom. The Morgan fingerprint density at radius 2 is 1.84 bits per heavy atom. The fraction of sp³-hybridized carbons (Fsp3) is 0.682. The molecule has 7 rings (SSSR count). The SMILES string of the molecule is CCC[C@@H](CN1CCN(C)CC1)NC(=O)c1cc(-c2cccc(CN3O[C@@H](CO)[C@@H]([C@H](C)O)[C@H]3C(=O)N[C@H]3C[C@H]4C[C@@H]([C@@H]3C)C4(C)C)c2OC)cc(N(C)C)c1. The molecule has 0 unspecified atom stereocenters. The van der Waals surface area contributed by atoms with E-state index in [-0.39, 0.29) is 42.5 Å². The molecule has 0 radical (unpaired) electrons. The number of benzene rings is 2. The van der Waals surface area contributed by atoms with E-state index in [9.17, 15) is 19.8 Å². The second kappa shape index (κ2) is 17.7. The fourth-order valence-corrected chi connectivity index (χ4v) is 10.2. The summed E-state index contributed by atoms with van der Waals surface area (Å²) in [5, 5.41) is 29.7. The Balaban J connectivity index is 1.26. The van der Waals surface area contributed by atoms with Crippen molar-refractivity contribution in [2.75, 3.05) is 72.5 Å². The topological polar surface area (TPSA) is 130 Å². The van der Waals surface area contributed by atoms with Crippen LogP contribution in [-0.2, 0) is 16.2 Å². The first-order chi connectivity index (χ1) is 26.7. The smallest absolute Gasteiger partial charge is 0.251 e. The molecule has 2 amide bonds. The number of likely N-dealkylation sites (N-methyl/N-ethyl adjacent to an activating group) is 1. The van der Waals surface area contributed by atoms with Crippen molar-refractivity contribution in [3.63, 3.8) is 0 Å². The summed E-state index contributed by atoms with van der Waals surface area (Å²) in [6.07, 6.45) is 2.38. The van der Waals surface area contributed by atoms with Crippen molar-refractivity contribution in [2.24, 2.45) is 29.1 Å². The van der Waals surface area contributed by atoms with Crippen LogP contribution in [0.4, 0.5) is 5.69 Å². The molecule has 2 saturated heterocycles. The highest BCUT2D eigenvalue weighted by Gasteiger charge is 2.57. The maximum absolute atomic E-state index is 14.3. The molecule has 2 aromatic carbocycles. The van der Waals surface area contributed by atoms with E-state index >= 15 is 0 Å². The number of carbonyl (C=O) groups is 2. The predicted octanol–water partition coefficient (Wildman–Crippen LogP) is 4.23. The largest absolute Gasteiger partial charge is 0.496 e. The van der Waals surface area contributed by atoms with Gasteiger partial charge in [0.25, 0.3) is 5.91 Å². The molecule has 5 fully saturated rings. The lowest BCUT2D eigenvalue weighted by Crippen LogP contribution is -2.62. The van der Waals surface area contributed by atoms with E-state index in [0.29, 0.717) is 29.1 Å². The van der Waals surface area contributed by atoms with Gasteiger partial charge in [-0.3, -0.25) is 19.3 Å². The first kappa shape index (κ1) is 42.3. The molecule has 0 spiro atoms. The molecular formula is C44H68N6O6. The highest BCUT2D eigenvalue weighted by molar-refractivity contribution is 5.97. The number of amides is 2. The number of para-hydroxylation sites is 1. The minimum absolute atomic E-state index is 0.0397. The predicted molar refractivity (Wildman–Crippen MR) is 220 cm³/mol. The number of anilines is 1. The average Bonchev–Trinajstić information content (AvgIpc) is 3.54. The standard InChI is InChI=1S/C44H68N6O6/c1-10-12-33(25-49-17-15-48(8)16-18-49)45-42(53)31-19-30(20-34(21-31)47(6)7)35-14-11-13-29(41(35)55-9)24-50-40(39(28(3)52)38(26-51)56-50)43(54)46-37-23-32-22-36(27(37)2)44(32,4)5/h11,13-14,19-21,27-28,32-33,36-40,51-52H,10,12,15-18,22-26H2,1-9H3,(H,45,53)(H,46,54)/t27-,28-,32+,33-,36-,37-,38-,39+,40-/m0/s1. The number of methoxy groups -OCH3 is 1. The number of aliphatic hydroxyl groups is 2. The summed E-state index contributed by atoms with van der Waals surface area (Å²) in [5.41, 5.74) is 4.14. The van der Waals surface area contributed by atoms with Gasteiger partial charge in [-0.05, 0) is 80.2 Å². The molecule has 56 heavy (non-hydrogen) atoms. The van der Waals surface area contributed by atoms with Crippen molar-refractivity contribution in [3.8, 4) is 16.9 Å². The van der Waals surface area contributed by atoms with Gasteiger partial charge >= 0.3 is 0 Å². The highest BCUT2D eigenvalue weighted by atomic mass is 16.7. The highest BCUT2D eigenvalue weighted by Crippen LogP contribution is 2.61. The van der Waals surface area contributed by atoms with Gasteiger partial charge in [0.05, 0.1) is 26.4 Å². The second-order valence-electron chi connectivity index (χ2n) is 18.0. The van der Waals surface area contributed by atoms with Gasteiger partial charge < -0.3 is 35.4 Å². The van der Waals surface area contributed by atoms with Crippen LogP contribution in [-0.4, -0.2) is 135 Å². The minimum atomic E-state index is -0.894. The minimum Gasteiger partial charge on any atom is -0.496 e. The molecule has 310 valence electrons. The molecule has 0 aromatic heterocycles. The molecule has 5 aliphatic rings. The van der Waals surface area contributed by atoms with Crippen LogP contribution in [0.5, 0.6) is 5.75 Å². The van der Waals surface area contributed by atoms with Gasteiger partial charge in [0, 0.05) is 87.2 Å². The number of carbonyl (C=O) groups excluding carboxylic acids is 2. The van der Waals surface area contributed by atoms with E-state index < -0.39 is 24.2 Å². The summed E-state index contributed by atoms with van der Waals surface area (Å²) >= 11 is 0. The van der Waals surface area contributed by atoms with Crippen LogP contribution in [0.1, 0.15) is 76.2 Å². The van der Waals surface area contributed by atoms with Crippen molar-refractivity contribution in [1.29, 1.82) is 0 Å². The lowest BCUT2D eigenvalue weighted by Gasteiger charge is -2.62. The van der Waals surface area contributed by atoms with Gasteiger partial charge in [0.15, 0.2) is 0 Å². The zero-order chi connectivity index (χ0) is 40.5. The second-order valence-corrected chi connectivity index (χ2v) is 18.0. The van der Waals surface area contributed by atoms with E-state index in [2.05, 4.69) is 61.2 Å². The number of hydrogen-bond acceptors (Lipinski definition) is 10. The van der Waals surface area contributed by atoms with E-state index in [1.807, 2.05) is 49.3 Å². The lowest BCUT2D eigenvalue weighted by atomic mass is 9.45. The molecule has 3 saturated carbocycles. The average molecular weight is 777 g/mol. The summed E-state index contributed by atoms with van der Waals surface area (Å²) in [7, 11) is 7.71. The molecular weight excluding hydrogens is 709 g/mol. The van der Waals surface area contributed by atoms with Gasteiger partial charge in [0.2, 0.25) is 5.91 Å². The maximum atomic E-state index is 14.3. The third-order valence-electron chi connectivity index (χ3n) is 13.7. The summed E-state index contributed by atoms with van der Waals surface area (Å²) in [5.74, 6) is 1.14. The van der Waals surface area contributed by atoms with Crippen molar-refractivity contribution in [1.82, 2.24) is 25.5 Å². The summed E-state index contributed by atoms with van der Waals surface area (Å²) in [4.78, 5) is 41.4. The molecule has 2 aromatic rings.